The highest BCUT2D eigenvalue weighted by Gasteiger charge is 2.27. The highest BCUT2D eigenvalue weighted by Crippen LogP contribution is 2.39. The van der Waals surface area contributed by atoms with Crippen LogP contribution in [0.25, 0.3) is 0 Å². The second-order valence-electron chi connectivity index (χ2n) is 2.85. The van der Waals surface area contributed by atoms with Crippen molar-refractivity contribution >= 4 is 13.8 Å². The lowest BCUT2D eigenvalue weighted by molar-refractivity contribution is -0.165. The van der Waals surface area contributed by atoms with E-state index in [9.17, 15) is 9.36 Å². The maximum absolute atomic E-state index is 10.7. The van der Waals surface area contributed by atoms with E-state index in [1.54, 1.807) is 13.8 Å². The van der Waals surface area contributed by atoms with Crippen molar-refractivity contribution in [2.75, 3.05) is 0 Å². The third-order valence-electron chi connectivity index (χ3n) is 1.18. The third-order valence-corrected chi connectivity index (χ3v) is 1.67. The van der Waals surface area contributed by atoms with Gasteiger partial charge in [-0.1, -0.05) is 20.4 Å². The van der Waals surface area contributed by atoms with Crippen LogP contribution in [-0.2, 0) is 18.6 Å². The largest absolute Gasteiger partial charge is 0.472 e. The summed E-state index contributed by atoms with van der Waals surface area (Å²) in [4.78, 5) is 27.7. The van der Waals surface area contributed by atoms with Crippen LogP contribution in [0.5, 0.6) is 0 Å². The summed E-state index contributed by atoms with van der Waals surface area (Å²) in [5.74, 6) is -1.16. The second kappa shape index (κ2) is 5.26. The fraction of sp³-hybridized carbons (Fsp3) is 0.571. The summed E-state index contributed by atoms with van der Waals surface area (Å²) in [6.45, 7) is 6.33. The van der Waals surface area contributed by atoms with Crippen molar-refractivity contribution in [2.45, 2.75) is 20.1 Å². The summed E-state index contributed by atoms with van der Waals surface area (Å²) in [5, 5.41) is 0. The molecule has 0 fully saturated rings. The molecular weight excluding hydrogens is 211 g/mol. The molecule has 0 bridgehead atoms. The van der Waals surface area contributed by atoms with E-state index in [4.69, 9.17) is 9.79 Å². The van der Waals surface area contributed by atoms with Crippen LogP contribution in [0.3, 0.4) is 0 Å². The van der Waals surface area contributed by atoms with Gasteiger partial charge in [-0.2, -0.15) is 0 Å². The van der Waals surface area contributed by atoms with Gasteiger partial charge in [0.15, 0.2) is 0 Å². The molecule has 6 nitrogen and oxygen atoms in total. The maximum atomic E-state index is 10.7. The molecule has 0 spiro atoms. The van der Waals surface area contributed by atoms with Crippen molar-refractivity contribution in [2.24, 2.45) is 5.92 Å². The summed E-state index contributed by atoms with van der Waals surface area (Å²) >= 11 is 0. The van der Waals surface area contributed by atoms with Gasteiger partial charge in [0.25, 0.3) is 0 Å². The molecule has 0 aliphatic carbocycles. The molecule has 0 saturated heterocycles. The Hall–Kier alpha value is -0.680. The van der Waals surface area contributed by atoms with Gasteiger partial charge >= 0.3 is 13.8 Å². The molecular formula is C7H13O6P. The van der Waals surface area contributed by atoms with Crippen molar-refractivity contribution in [3.05, 3.63) is 12.7 Å². The molecule has 0 aromatic heterocycles. The van der Waals surface area contributed by atoms with E-state index in [0.717, 1.165) is 6.08 Å². The zero-order chi connectivity index (χ0) is 11.4. The number of hydrogen-bond donors (Lipinski definition) is 2. The number of hydrogen-bond acceptors (Lipinski definition) is 4. The van der Waals surface area contributed by atoms with E-state index in [0.29, 0.717) is 0 Å². The van der Waals surface area contributed by atoms with Crippen molar-refractivity contribution in [1.82, 2.24) is 0 Å². The fourth-order valence-electron chi connectivity index (χ4n) is 0.577. The molecule has 0 rings (SSSR count). The van der Waals surface area contributed by atoms with Crippen LogP contribution in [-0.4, -0.2) is 22.0 Å². The first-order valence-electron chi connectivity index (χ1n) is 3.83. The van der Waals surface area contributed by atoms with Crippen LogP contribution >= 0.6 is 7.82 Å². The van der Waals surface area contributed by atoms with E-state index >= 15 is 0 Å². The van der Waals surface area contributed by atoms with Crippen LogP contribution in [0, 0.1) is 5.92 Å². The molecule has 0 aromatic carbocycles. The fourth-order valence-corrected chi connectivity index (χ4v) is 1.13. The maximum Gasteiger partial charge on any atom is 0.472 e. The third kappa shape index (κ3) is 5.88. The topological polar surface area (TPSA) is 93.1 Å². The Balaban J connectivity index is 4.38. The lowest BCUT2D eigenvalue weighted by atomic mass is 10.2. The molecule has 82 valence electrons. The summed E-state index contributed by atoms with van der Waals surface area (Å²) in [6.07, 6.45) is -0.389. The van der Waals surface area contributed by atoms with E-state index in [2.05, 4.69) is 15.8 Å². The van der Waals surface area contributed by atoms with Gasteiger partial charge in [0.2, 0.25) is 6.29 Å². The molecule has 14 heavy (non-hydrogen) atoms. The van der Waals surface area contributed by atoms with Crippen LogP contribution in [0.1, 0.15) is 13.8 Å². The molecule has 0 aliphatic heterocycles. The first-order chi connectivity index (χ1) is 6.26. The Kier molecular flexibility index (Phi) is 5.01. The van der Waals surface area contributed by atoms with Gasteiger partial charge in [-0.05, 0) is 0 Å². The lowest BCUT2D eigenvalue weighted by Crippen LogP contribution is -2.24. The highest BCUT2D eigenvalue weighted by atomic mass is 31.2. The Bertz CT molecular complexity index is 255. The summed E-state index contributed by atoms with van der Waals surface area (Å²) in [7, 11) is -4.65. The molecule has 0 radical (unpaired) electrons. The number of esters is 1. The van der Waals surface area contributed by atoms with Gasteiger partial charge in [0.1, 0.15) is 0 Å². The molecule has 1 unspecified atom stereocenters. The summed E-state index contributed by atoms with van der Waals surface area (Å²) in [5.41, 5.74) is 0. The Morgan fingerprint density at radius 3 is 2.29 bits per heavy atom. The van der Waals surface area contributed by atoms with Gasteiger partial charge in [0, 0.05) is 12.0 Å². The SMILES string of the molecule is C=CC(=O)OC(OP(=O)(O)O)C(C)C. The molecule has 0 aromatic rings. The second-order valence-corrected chi connectivity index (χ2v) is 4.04. The molecule has 2 N–H and O–H groups in total. The Morgan fingerprint density at radius 2 is 2.00 bits per heavy atom. The van der Waals surface area contributed by atoms with E-state index in [1.165, 1.54) is 0 Å². The van der Waals surface area contributed by atoms with Crippen molar-refractivity contribution in [3.63, 3.8) is 0 Å². The predicted octanol–water partition coefficient (Wildman–Crippen LogP) is 0.807. The van der Waals surface area contributed by atoms with Crippen LogP contribution in [0.4, 0.5) is 0 Å². The molecule has 0 heterocycles. The van der Waals surface area contributed by atoms with Crippen LogP contribution in [0.15, 0.2) is 12.7 Å². The summed E-state index contributed by atoms with van der Waals surface area (Å²) < 4.78 is 19.3. The number of carbonyl (C=O) groups is 1. The van der Waals surface area contributed by atoms with Crippen LogP contribution in [0.2, 0.25) is 0 Å². The van der Waals surface area contributed by atoms with Gasteiger partial charge < -0.3 is 14.5 Å². The number of phosphoric acid groups is 1. The minimum Gasteiger partial charge on any atom is -0.432 e. The smallest absolute Gasteiger partial charge is 0.432 e. The zero-order valence-electron chi connectivity index (χ0n) is 7.91. The Labute approximate surface area is 81.8 Å². The van der Waals surface area contributed by atoms with Gasteiger partial charge in [-0.3, -0.25) is 0 Å². The first-order valence-corrected chi connectivity index (χ1v) is 5.36. The van der Waals surface area contributed by atoms with Gasteiger partial charge in [-0.15, -0.1) is 0 Å². The van der Waals surface area contributed by atoms with Crippen molar-refractivity contribution < 1.29 is 28.4 Å². The van der Waals surface area contributed by atoms with E-state index in [-0.39, 0.29) is 5.92 Å². The average Bonchev–Trinajstić information content (AvgIpc) is 2.00. The number of phosphoric ester groups is 1. The average molecular weight is 224 g/mol. The van der Waals surface area contributed by atoms with E-state index < -0.39 is 20.1 Å². The Morgan fingerprint density at radius 1 is 1.50 bits per heavy atom. The molecule has 0 aliphatic rings. The van der Waals surface area contributed by atoms with E-state index in [1.807, 2.05) is 0 Å². The minimum absolute atomic E-state index is 0.369. The molecule has 7 heteroatoms. The normalized spacial score (nSPS) is 13.8. The molecule has 0 amide bonds. The number of carbonyl (C=O) groups excluding carboxylic acids is 1. The minimum atomic E-state index is -4.65. The molecule has 0 saturated carbocycles. The zero-order valence-corrected chi connectivity index (χ0v) is 8.81. The molecule has 1 atom stereocenters. The number of ether oxygens (including phenoxy) is 1. The van der Waals surface area contributed by atoms with Crippen molar-refractivity contribution in [1.29, 1.82) is 0 Å². The summed E-state index contributed by atoms with van der Waals surface area (Å²) in [6, 6.07) is 0. The van der Waals surface area contributed by atoms with Gasteiger partial charge in [-0.25, -0.2) is 13.9 Å². The van der Waals surface area contributed by atoms with Gasteiger partial charge in [0.05, 0.1) is 0 Å². The standard InChI is InChI=1S/C7H13O6P/c1-4-6(8)12-7(5(2)3)13-14(9,10)11/h4-5,7H,1H2,2-3H3,(H2,9,10,11). The first kappa shape index (κ1) is 13.3. The quantitative estimate of drug-likeness (QED) is 0.310. The van der Waals surface area contributed by atoms with Crippen molar-refractivity contribution in [3.8, 4) is 0 Å². The monoisotopic (exact) mass is 224 g/mol. The highest BCUT2D eigenvalue weighted by molar-refractivity contribution is 7.46. The lowest BCUT2D eigenvalue weighted by Gasteiger charge is -2.20. The predicted molar refractivity (Wildman–Crippen MR) is 48.0 cm³/mol. The number of rotatable bonds is 5. The van der Waals surface area contributed by atoms with Crippen LogP contribution < -0.4 is 0 Å².